The Morgan fingerprint density at radius 3 is 2.59 bits per heavy atom. The second-order valence-electron chi connectivity index (χ2n) is 5.29. The van der Waals surface area contributed by atoms with Crippen molar-refractivity contribution in [2.75, 3.05) is 13.6 Å². The summed E-state index contributed by atoms with van der Waals surface area (Å²) in [5, 5.41) is 3.23. The largest absolute Gasteiger partial charge is 0.319 e. The molecule has 2 rings (SSSR count). The minimum atomic E-state index is 0.826. The Hall–Kier alpha value is -0.820. The summed E-state index contributed by atoms with van der Waals surface area (Å²) in [6.07, 6.45) is 9.67. The maximum absolute atomic E-state index is 3.23. The molecule has 0 heterocycles. The minimum absolute atomic E-state index is 0.826. The van der Waals surface area contributed by atoms with E-state index in [1.54, 1.807) is 5.56 Å². The fraction of sp³-hybridized carbons (Fsp3) is 0.625. The average molecular weight is 231 g/mol. The van der Waals surface area contributed by atoms with Gasteiger partial charge in [0.05, 0.1) is 0 Å². The number of rotatable bonds is 4. The molecule has 1 aliphatic carbocycles. The molecule has 1 aromatic carbocycles. The van der Waals surface area contributed by atoms with Crippen molar-refractivity contribution in [1.82, 2.24) is 5.32 Å². The van der Waals surface area contributed by atoms with Crippen LogP contribution in [-0.4, -0.2) is 13.6 Å². The van der Waals surface area contributed by atoms with Crippen LogP contribution < -0.4 is 5.32 Å². The highest BCUT2D eigenvalue weighted by atomic mass is 14.8. The van der Waals surface area contributed by atoms with Gasteiger partial charge in [-0.3, -0.25) is 0 Å². The fourth-order valence-corrected chi connectivity index (χ4v) is 2.88. The molecule has 0 bridgehead atoms. The zero-order chi connectivity index (χ0) is 11.9. The quantitative estimate of drug-likeness (QED) is 0.775. The van der Waals surface area contributed by atoms with Crippen LogP contribution in [0.2, 0.25) is 0 Å². The van der Waals surface area contributed by atoms with E-state index in [1.807, 2.05) is 7.05 Å². The van der Waals surface area contributed by atoms with Crippen molar-refractivity contribution in [3.8, 4) is 0 Å². The molecule has 1 heteroatoms. The molecule has 0 unspecified atom stereocenters. The van der Waals surface area contributed by atoms with Crippen molar-refractivity contribution in [3.05, 3.63) is 35.4 Å². The van der Waals surface area contributed by atoms with Gasteiger partial charge in [-0.1, -0.05) is 49.9 Å². The van der Waals surface area contributed by atoms with Gasteiger partial charge in [-0.25, -0.2) is 0 Å². The first-order valence-electron chi connectivity index (χ1n) is 7.13. The lowest BCUT2D eigenvalue weighted by molar-refractivity contribution is 0.591. The second-order valence-corrected chi connectivity index (χ2v) is 5.29. The van der Waals surface area contributed by atoms with Crippen LogP contribution in [0.25, 0.3) is 0 Å². The molecule has 1 nitrogen and oxygen atoms in total. The molecule has 0 radical (unpaired) electrons. The Balaban J connectivity index is 2.03. The van der Waals surface area contributed by atoms with Crippen LogP contribution in [0.15, 0.2) is 24.3 Å². The fourth-order valence-electron chi connectivity index (χ4n) is 2.88. The Bertz CT molecular complexity index is 324. The Morgan fingerprint density at radius 2 is 1.88 bits per heavy atom. The van der Waals surface area contributed by atoms with E-state index in [1.165, 1.54) is 44.1 Å². The van der Waals surface area contributed by atoms with Crippen molar-refractivity contribution in [3.63, 3.8) is 0 Å². The minimum Gasteiger partial charge on any atom is -0.319 e. The lowest BCUT2D eigenvalue weighted by Crippen LogP contribution is -2.10. The van der Waals surface area contributed by atoms with Crippen LogP contribution >= 0.6 is 0 Å². The van der Waals surface area contributed by atoms with Crippen molar-refractivity contribution in [1.29, 1.82) is 0 Å². The van der Waals surface area contributed by atoms with Gasteiger partial charge in [0.15, 0.2) is 0 Å². The molecule has 1 fully saturated rings. The van der Waals surface area contributed by atoms with Gasteiger partial charge in [-0.15, -0.1) is 0 Å². The molecule has 0 amide bonds. The molecular weight excluding hydrogens is 206 g/mol. The normalized spacial score (nSPS) is 17.9. The highest BCUT2D eigenvalue weighted by Gasteiger charge is 2.14. The van der Waals surface area contributed by atoms with E-state index in [0.717, 1.165) is 18.9 Å². The van der Waals surface area contributed by atoms with E-state index in [0.29, 0.717) is 0 Å². The smallest absolute Gasteiger partial charge is 0.00114 e. The SMILES string of the molecule is CNCCc1cccc(C2CCCCCC2)c1. The molecule has 0 atom stereocenters. The van der Waals surface area contributed by atoms with E-state index >= 15 is 0 Å². The van der Waals surface area contributed by atoms with E-state index in [2.05, 4.69) is 29.6 Å². The highest BCUT2D eigenvalue weighted by Crippen LogP contribution is 2.31. The number of nitrogens with one attached hydrogen (secondary N) is 1. The molecule has 17 heavy (non-hydrogen) atoms. The van der Waals surface area contributed by atoms with Crippen LogP contribution in [0.5, 0.6) is 0 Å². The molecule has 1 N–H and O–H groups in total. The standard InChI is InChI=1S/C16H25N/c1-17-12-11-14-7-6-10-16(13-14)15-8-4-2-3-5-9-15/h6-7,10,13,15,17H,2-5,8-9,11-12H2,1H3. The van der Waals surface area contributed by atoms with E-state index in [4.69, 9.17) is 0 Å². The van der Waals surface area contributed by atoms with Crippen LogP contribution in [0.3, 0.4) is 0 Å². The van der Waals surface area contributed by atoms with Gasteiger partial charge in [0.1, 0.15) is 0 Å². The third kappa shape index (κ3) is 3.85. The predicted molar refractivity (Wildman–Crippen MR) is 74.5 cm³/mol. The third-order valence-corrected chi connectivity index (χ3v) is 3.94. The number of hydrogen-bond donors (Lipinski definition) is 1. The second kappa shape index (κ2) is 6.80. The monoisotopic (exact) mass is 231 g/mol. The number of likely N-dealkylation sites (N-methyl/N-ethyl adjacent to an activating group) is 1. The summed E-state index contributed by atoms with van der Waals surface area (Å²) in [5.74, 6) is 0.826. The van der Waals surface area contributed by atoms with E-state index < -0.39 is 0 Å². The Kier molecular flexibility index (Phi) is 5.06. The van der Waals surface area contributed by atoms with Crippen molar-refractivity contribution >= 4 is 0 Å². The molecule has 0 aliphatic heterocycles. The van der Waals surface area contributed by atoms with Crippen LogP contribution in [0, 0.1) is 0 Å². The molecular formula is C16H25N. The maximum atomic E-state index is 3.23. The highest BCUT2D eigenvalue weighted by molar-refractivity contribution is 5.26. The molecule has 0 saturated heterocycles. The molecule has 1 saturated carbocycles. The Labute approximate surface area is 106 Å². The first-order chi connectivity index (χ1) is 8.40. The van der Waals surface area contributed by atoms with Crippen LogP contribution in [-0.2, 0) is 6.42 Å². The Morgan fingerprint density at radius 1 is 1.12 bits per heavy atom. The third-order valence-electron chi connectivity index (χ3n) is 3.94. The predicted octanol–water partition coefficient (Wildman–Crippen LogP) is 3.89. The van der Waals surface area contributed by atoms with Crippen LogP contribution in [0.4, 0.5) is 0 Å². The summed E-state index contributed by atoms with van der Waals surface area (Å²) in [4.78, 5) is 0. The molecule has 1 aliphatic rings. The van der Waals surface area contributed by atoms with Gasteiger partial charge in [0, 0.05) is 0 Å². The van der Waals surface area contributed by atoms with Crippen molar-refractivity contribution in [2.24, 2.45) is 0 Å². The first kappa shape index (κ1) is 12.6. The van der Waals surface area contributed by atoms with Gasteiger partial charge in [0.2, 0.25) is 0 Å². The van der Waals surface area contributed by atoms with Gasteiger partial charge in [-0.05, 0) is 49.9 Å². The number of benzene rings is 1. The average Bonchev–Trinajstić information content (AvgIpc) is 2.65. The topological polar surface area (TPSA) is 12.0 Å². The van der Waals surface area contributed by atoms with Gasteiger partial charge >= 0.3 is 0 Å². The first-order valence-corrected chi connectivity index (χ1v) is 7.13. The lowest BCUT2D eigenvalue weighted by atomic mass is 9.90. The van der Waals surface area contributed by atoms with E-state index in [-0.39, 0.29) is 0 Å². The van der Waals surface area contributed by atoms with Crippen molar-refractivity contribution in [2.45, 2.75) is 50.9 Å². The number of hydrogen-bond acceptors (Lipinski definition) is 1. The summed E-state index contributed by atoms with van der Waals surface area (Å²) >= 11 is 0. The van der Waals surface area contributed by atoms with Crippen molar-refractivity contribution < 1.29 is 0 Å². The zero-order valence-electron chi connectivity index (χ0n) is 11.0. The zero-order valence-corrected chi connectivity index (χ0v) is 11.0. The van der Waals surface area contributed by atoms with Gasteiger partial charge in [-0.2, -0.15) is 0 Å². The van der Waals surface area contributed by atoms with Gasteiger partial charge in [0.25, 0.3) is 0 Å². The maximum Gasteiger partial charge on any atom is -0.00114 e. The lowest BCUT2D eigenvalue weighted by Gasteiger charge is -2.15. The molecule has 0 spiro atoms. The summed E-state index contributed by atoms with van der Waals surface area (Å²) in [7, 11) is 2.02. The summed E-state index contributed by atoms with van der Waals surface area (Å²) in [6.45, 7) is 1.08. The summed E-state index contributed by atoms with van der Waals surface area (Å²) in [6, 6.07) is 9.27. The summed E-state index contributed by atoms with van der Waals surface area (Å²) < 4.78 is 0. The molecule has 94 valence electrons. The molecule has 1 aromatic rings. The van der Waals surface area contributed by atoms with E-state index in [9.17, 15) is 0 Å². The van der Waals surface area contributed by atoms with Gasteiger partial charge < -0.3 is 5.32 Å². The van der Waals surface area contributed by atoms with Crippen LogP contribution in [0.1, 0.15) is 55.6 Å². The molecule has 0 aromatic heterocycles. The summed E-state index contributed by atoms with van der Waals surface area (Å²) in [5.41, 5.74) is 3.07.